The van der Waals surface area contributed by atoms with Gasteiger partial charge in [0.15, 0.2) is 0 Å². The molecule has 0 atom stereocenters. The van der Waals surface area contributed by atoms with Gasteiger partial charge in [-0.05, 0) is 11.1 Å². The SMILES string of the molecule is O=CN1Cc2cc([N+](=O)[O-])cc(Br)c2C1. The Morgan fingerprint density at radius 3 is 2.80 bits per heavy atom. The summed E-state index contributed by atoms with van der Waals surface area (Å²) in [5, 5.41) is 10.6. The number of carbonyl (C=O) groups excluding carboxylic acids is 1. The molecule has 6 heteroatoms. The molecule has 0 spiro atoms. The smallest absolute Gasteiger partial charge is 0.270 e. The third-order valence-corrected chi connectivity index (χ3v) is 3.07. The number of nitro groups is 1. The lowest BCUT2D eigenvalue weighted by atomic mass is 10.1. The molecule has 0 saturated heterocycles. The van der Waals surface area contributed by atoms with Crippen LogP contribution in [0, 0.1) is 10.1 Å². The molecule has 0 fully saturated rings. The molecule has 1 aromatic carbocycles. The highest BCUT2D eigenvalue weighted by molar-refractivity contribution is 9.10. The van der Waals surface area contributed by atoms with E-state index in [1.165, 1.54) is 12.1 Å². The molecular formula is C9H7BrN2O3. The Morgan fingerprint density at radius 2 is 2.20 bits per heavy atom. The molecule has 2 rings (SSSR count). The Morgan fingerprint density at radius 1 is 1.47 bits per heavy atom. The fourth-order valence-electron chi connectivity index (χ4n) is 1.65. The fraction of sp³-hybridized carbons (Fsp3) is 0.222. The monoisotopic (exact) mass is 270 g/mol. The summed E-state index contributed by atoms with van der Waals surface area (Å²) >= 11 is 3.28. The van der Waals surface area contributed by atoms with Gasteiger partial charge in [-0.15, -0.1) is 0 Å². The lowest BCUT2D eigenvalue weighted by Gasteiger charge is -2.04. The fourth-order valence-corrected chi connectivity index (χ4v) is 2.27. The number of rotatable bonds is 2. The van der Waals surface area contributed by atoms with Crippen LogP contribution in [0.25, 0.3) is 0 Å². The van der Waals surface area contributed by atoms with Crippen molar-refractivity contribution in [2.45, 2.75) is 13.1 Å². The molecule has 1 heterocycles. The van der Waals surface area contributed by atoms with Crippen LogP contribution in [-0.2, 0) is 17.9 Å². The first-order chi connectivity index (χ1) is 7.11. The zero-order chi connectivity index (χ0) is 11.0. The van der Waals surface area contributed by atoms with E-state index < -0.39 is 4.92 Å². The highest BCUT2D eigenvalue weighted by atomic mass is 79.9. The van der Waals surface area contributed by atoms with Gasteiger partial charge in [-0.25, -0.2) is 0 Å². The molecule has 5 nitrogen and oxygen atoms in total. The molecule has 78 valence electrons. The van der Waals surface area contributed by atoms with Crippen molar-refractivity contribution >= 4 is 28.0 Å². The first-order valence-corrected chi connectivity index (χ1v) is 5.06. The Labute approximate surface area is 94.0 Å². The van der Waals surface area contributed by atoms with E-state index in [-0.39, 0.29) is 5.69 Å². The second kappa shape index (κ2) is 3.62. The number of nitro benzene ring substituents is 1. The van der Waals surface area contributed by atoms with E-state index in [1.807, 2.05) is 0 Å². The molecule has 0 unspecified atom stereocenters. The van der Waals surface area contributed by atoms with Crippen molar-refractivity contribution in [1.82, 2.24) is 4.90 Å². The number of fused-ring (bicyclic) bond motifs is 1. The normalized spacial score (nSPS) is 13.8. The van der Waals surface area contributed by atoms with Gasteiger partial charge in [-0.3, -0.25) is 14.9 Å². The highest BCUT2D eigenvalue weighted by Gasteiger charge is 2.23. The van der Waals surface area contributed by atoms with Crippen LogP contribution in [0.15, 0.2) is 16.6 Å². The number of hydrogen-bond donors (Lipinski definition) is 0. The van der Waals surface area contributed by atoms with Gasteiger partial charge in [0.05, 0.1) is 4.92 Å². The number of hydrogen-bond acceptors (Lipinski definition) is 3. The van der Waals surface area contributed by atoms with Crippen molar-refractivity contribution in [3.05, 3.63) is 37.8 Å². The molecule has 1 aromatic rings. The number of nitrogens with zero attached hydrogens (tertiary/aromatic N) is 2. The average Bonchev–Trinajstić information content (AvgIpc) is 2.61. The van der Waals surface area contributed by atoms with Crippen LogP contribution in [0.2, 0.25) is 0 Å². The van der Waals surface area contributed by atoms with Gasteiger partial charge < -0.3 is 4.90 Å². The molecule has 0 N–H and O–H groups in total. The van der Waals surface area contributed by atoms with Gasteiger partial charge in [0, 0.05) is 29.7 Å². The molecular weight excluding hydrogens is 264 g/mol. The molecule has 0 bridgehead atoms. The maximum Gasteiger partial charge on any atom is 0.270 e. The van der Waals surface area contributed by atoms with Crippen molar-refractivity contribution in [3.63, 3.8) is 0 Å². The summed E-state index contributed by atoms with van der Waals surface area (Å²) in [4.78, 5) is 22.3. The summed E-state index contributed by atoms with van der Waals surface area (Å²) in [6.07, 6.45) is 0.748. The second-order valence-electron chi connectivity index (χ2n) is 3.33. The number of carbonyl (C=O) groups is 1. The average molecular weight is 271 g/mol. The Bertz CT molecular complexity index is 447. The topological polar surface area (TPSA) is 63.5 Å². The zero-order valence-corrected chi connectivity index (χ0v) is 9.23. The second-order valence-corrected chi connectivity index (χ2v) is 4.19. The van der Waals surface area contributed by atoms with Crippen LogP contribution < -0.4 is 0 Å². The number of benzene rings is 1. The van der Waals surface area contributed by atoms with Crippen molar-refractivity contribution < 1.29 is 9.72 Å². The predicted octanol–water partition coefficient (Wildman–Crippen LogP) is 1.83. The number of amides is 1. The van der Waals surface area contributed by atoms with E-state index in [4.69, 9.17) is 0 Å². The van der Waals surface area contributed by atoms with Gasteiger partial charge in [0.25, 0.3) is 5.69 Å². The van der Waals surface area contributed by atoms with Crippen molar-refractivity contribution in [2.24, 2.45) is 0 Å². The molecule has 0 aromatic heterocycles. The largest absolute Gasteiger partial charge is 0.337 e. The minimum atomic E-state index is -0.436. The van der Waals surface area contributed by atoms with Crippen LogP contribution in [-0.4, -0.2) is 16.2 Å². The number of halogens is 1. The highest BCUT2D eigenvalue weighted by Crippen LogP contribution is 2.32. The third kappa shape index (κ3) is 1.72. The van der Waals surface area contributed by atoms with E-state index >= 15 is 0 Å². The predicted molar refractivity (Wildman–Crippen MR) is 56.1 cm³/mol. The van der Waals surface area contributed by atoms with E-state index in [0.29, 0.717) is 17.6 Å². The summed E-state index contributed by atoms with van der Waals surface area (Å²) in [6.45, 7) is 0.955. The molecule has 15 heavy (non-hydrogen) atoms. The van der Waals surface area contributed by atoms with Gasteiger partial charge in [-0.2, -0.15) is 0 Å². The molecule has 1 amide bonds. The molecule has 0 radical (unpaired) electrons. The minimum absolute atomic E-state index is 0.0494. The Kier molecular flexibility index (Phi) is 2.44. The molecule has 0 aliphatic carbocycles. The Balaban J connectivity index is 2.46. The van der Waals surface area contributed by atoms with E-state index in [2.05, 4.69) is 15.9 Å². The molecule has 1 aliphatic heterocycles. The van der Waals surface area contributed by atoms with Crippen molar-refractivity contribution in [2.75, 3.05) is 0 Å². The van der Waals surface area contributed by atoms with E-state index in [9.17, 15) is 14.9 Å². The summed E-state index contributed by atoms with van der Waals surface area (Å²) in [6, 6.07) is 2.98. The summed E-state index contributed by atoms with van der Waals surface area (Å²) in [7, 11) is 0. The van der Waals surface area contributed by atoms with Crippen LogP contribution >= 0.6 is 15.9 Å². The third-order valence-electron chi connectivity index (χ3n) is 2.37. The van der Waals surface area contributed by atoms with E-state index in [0.717, 1.165) is 17.5 Å². The van der Waals surface area contributed by atoms with Gasteiger partial charge in [-0.1, -0.05) is 15.9 Å². The number of non-ortho nitro benzene ring substituents is 1. The lowest BCUT2D eigenvalue weighted by molar-refractivity contribution is -0.385. The standard InChI is InChI=1S/C9H7BrN2O3/c10-9-2-7(12(14)15)1-6-3-11(5-13)4-8(6)9/h1-2,5H,3-4H2. The quantitative estimate of drug-likeness (QED) is 0.468. The van der Waals surface area contributed by atoms with Crippen LogP contribution in [0.5, 0.6) is 0 Å². The van der Waals surface area contributed by atoms with Crippen LogP contribution in [0.4, 0.5) is 5.69 Å². The summed E-state index contributed by atoms with van der Waals surface area (Å²) < 4.78 is 0.691. The van der Waals surface area contributed by atoms with Crippen molar-refractivity contribution in [3.8, 4) is 0 Å². The maximum atomic E-state index is 10.6. The summed E-state index contributed by atoms with van der Waals surface area (Å²) in [5.74, 6) is 0. The Hall–Kier alpha value is -1.43. The van der Waals surface area contributed by atoms with Crippen LogP contribution in [0.1, 0.15) is 11.1 Å². The maximum absolute atomic E-state index is 10.6. The minimum Gasteiger partial charge on any atom is -0.337 e. The first-order valence-electron chi connectivity index (χ1n) is 4.27. The van der Waals surface area contributed by atoms with Gasteiger partial charge in [0.1, 0.15) is 0 Å². The van der Waals surface area contributed by atoms with Gasteiger partial charge >= 0.3 is 0 Å². The van der Waals surface area contributed by atoms with E-state index in [1.54, 1.807) is 4.90 Å². The van der Waals surface area contributed by atoms with Gasteiger partial charge in [0.2, 0.25) is 6.41 Å². The molecule has 0 saturated carbocycles. The first kappa shape index (κ1) is 10.1. The van der Waals surface area contributed by atoms with Crippen LogP contribution in [0.3, 0.4) is 0 Å². The molecule has 1 aliphatic rings. The zero-order valence-electron chi connectivity index (χ0n) is 7.64. The lowest BCUT2D eigenvalue weighted by Crippen LogP contribution is -2.12. The summed E-state index contributed by atoms with van der Waals surface area (Å²) in [5.41, 5.74) is 1.84. The van der Waals surface area contributed by atoms with Crippen molar-refractivity contribution in [1.29, 1.82) is 0 Å².